The van der Waals surface area contributed by atoms with Crippen LogP contribution < -0.4 is 5.69 Å². The molecule has 0 radical (unpaired) electrons. The molecule has 0 saturated heterocycles. The molecule has 0 unspecified atom stereocenters. The van der Waals surface area contributed by atoms with E-state index >= 15 is 0 Å². The molecule has 2 heterocycles. The summed E-state index contributed by atoms with van der Waals surface area (Å²) in [7, 11) is 1.65. The second-order valence-corrected chi connectivity index (χ2v) is 7.43. The molecule has 9 heteroatoms. The summed E-state index contributed by atoms with van der Waals surface area (Å²) in [6.07, 6.45) is 0.761. The number of thiazole rings is 1. The summed E-state index contributed by atoms with van der Waals surface area (Å²) in [5.74, 6) is 0.634. The first-order valence-corrected chi connectivity index (χ1v) is 9.89. The first kappa shape index (κ1) is 18.2. The molecule has 132 valence electrons. The minimum absolute atomic E-state index is 0.200. The third-order valence-corrected chi connectivity index (χ3v) is 5.72. The Morgan fingerprint density at radius 2 is 2.24 bits per heavy atom. The summed E-state index contributed by atoms with van der Waals surface area (Å²) in [5, 5.41) is 10.8. The smallest absolute Gasteiger partial charge is 0.343 e. The number of nitrogens with one attached hydrogen (secondary N) is 1. The SMILES string of the molecule is COCCCn1c(SCc2csc(-c3ccccc3Cl)n2)n[nH]c1=O. The topological polar surface area (TPSA) is 72.8 Å². The maximum atomic E-state index is 11.8. The Balaban J connectivity index is 1.67. The number of benzene rings is 1. The molecule has 3 aromatic rings. The van der Waals surface area contributed by atoms with Crippen molar-refractivity contribution in [2.45, 2.75) is 23.9 Å². The van der Waals surface area contributed by atoms with E-state index in [1.807, 2.05) is 29.6 Å². The third kappa shape index (κ3) is 4.52. The fraction of sp³-hybridized carbons (Fsp3) is 0.312. The van der Waals surface area contributed by atoms with E-state index in [0.29, 0.717) is 29.1 Å². The summed E-state index contributed by atoms with van der Waals surface area (Å²) < 4.78 is 6.66. The Hall–Kier alpha value is -1.61. The summed E-state index contributed by atoms with van der Waals surface area (Å²) in [6, 6.07) is 7.66. The van der Waals surface area contributed by atoms with Gasteiger partial charge in [0.05, 0.1) is 10.7 Å². The fourth-order valence-electron chi connectivity index (χ4n) is 2.25. The van der Waals surface area contributed by atoms with Crippen LogP contribution >= 0.6 is 34.7 Å². The predicted octanol–water partition coefficient (Wildman–Crippen LogP) is 3.68. The van der Waals surface area contributed by atoms with Gasteiger partial charge in [-0.1, -0.05) is 41.6 Å². The number of rotatable bonds is 8. The minimum Gasteiger partial charge on any atom is -0.385 e. The Labute approximate surface area is 158 Å². The van der Waals surface area contributed by atoms with Crippen molar-refractivity contribution in [3.8, 4) is 10.6 Å². The zero-order valence-corrected chi connectivity index (χ0v) is 16.0. The van der Waals surface area contributed by atoms with E-state index in [2.05, 4.69) is 15.2 Å². The molecule has 0 spiro atoms. The van der Waals surface area contributed by atoms with Crippen LogP contribution in [0.5, 0.6) is 0 Å². The van der Waals surface area contributed by atoms with Gasteiger partial charge in [0.25, 0.3) is 0 Å². The van der Waals surface area contributed by atoms with Crippen molar-refractivity contribution in [3.63, 3.8) is 0 Å². The molecular formula is C16H17ClN4O2S2. The molecule has 1 N–H and O–H groups in total. The molecule has 6 nitrogen and oxygen atoms in total. The number of ether oxygens (including phenoxy) is 1. The number of methoxy groups -OCH3 is 1. The first-order valence-electron chi connectivity index (χ1n) is 7.65. The predicted molar refractivity (Wildman–Crippen MR) is 101 cm³/mol. The highest BCUT2D eigenvalue weighted by Gasteiger charge is 2.12. The van der Waals surface area contributed by atoms with Crippen molar-refractivity contribution >= 4 is 34.7 Å². The number of hydrogen-bond acceptors (Lipinski definition) is 6. The van der Waals surface area contributed by atoms with Crippen molar-refractivity contribution < 1.29 is 4.74 Å². The Kier molecular flexibility index (Phi) is 6.30. The van der Waals surface area contributed by atoms with E-state index in [0.717, 1.165) is 22.7 Å². The van der Waals surface area contributed by atoms with Crippen molar-refractivity contribution in [1.29, 1.82) is 0 Å². The van der Waals surface area contributed by atoms with E-state index in [4.69, 9.17) is 16.3 Å². The first-order chi connectivity index (χ1) is 12.2. The second-order valence-electron chi connectivity index (χ2n) is 5.22. The standard InChI is InChI=1S/C16H17ClN4O2S2/c1-23-8-4-7-21-15(22)19-20-16(21)25-10-11-9-24-14(18-11)12-5-2-3-6-13(12)17/h2-3,5-6,9H,4,7-8,10H2,1H3,(H,19,22). The molecular weight excluding hydrogens is 380 g/mol. The highest BCUT2D eigenvalue weighted by Crippen LogP contribution is 2.31. The normalized spacial score (nSPS) is 11.1. The van der Waals surface area contributed by atoms with Crippen molar-refractivity contribution in [1.82, 2.24) is 19.7 Å². The van der Waals surface area contributed by atoms with Crippen LogP contribution in [0.1, 0.15) is 12.1 Å². The minimum atomic E-state index is -0.200. The fourth-order valence-corrected chi connectivity index (χ4v) is 4.36. The third-order valence-electron chi connectivity index (χ3n) is 3.46. The Morgan fingerprint density at radius 1 is 1.40 bits per heavy atom. The van der Waals surface area contributed by atoms with E-state index in [1.165, 1.54) is 11.8 Å². The molecule has 0 aliphatic carbocycles. The lowest BCUT2D eigenvalue weighted by Crippen LogP contribution is -2.18. The summed E-state index contributed by atoms with van der Waals surface area (Å²) in [5.41, 5.74) is 1.67. The molecule has 0 atom stereocenters. The average molecular weight is 397 g/mol. The van der Waals surface area contributed by atoms with Gasteiger partial charge in [0.15, 0.2) is 5.16 Å². The van der Waals surface area contributed by atoms with Gasteiger partial charge in [-0.05, 0) is 12.5 Å². The number of halogens is 1. The molecule has 0 aliphatic rings. The van der Waals surface area contributed by atoms with E-state index in [-0.39, 0.29) is 5.69 Å². The zero-order valence-electron chi connectivity index (χ0n) is 13.6. The van der Waals surface area contributed by atoms with Crippen LogP contribution in [0.3, 0.4) is 0 Å². The monoisotopic (exact) mass is 396 g/mol. The molecule has 0 fully saturated rings. The van der Waals surface area contributed by atoms with Crippen LogP contribution in [0.15, 0.2) is 39.6 Å². The van der Waals surface area contributed by atoms with Gasteiger partial charge in [0, 0.05) is 37.0 Å². The van der Waals surface area contributed by atoms with Crippen molar-refractivity contribution in [2.24, 2.45) is 0 Å². The maximum Gasteiger partial charge on any atom is 0.343 e. The summed E-state index contributed by atoms with van der Waals surface area (Å²) in [4.78, 5) is 16.5. The highest BCUT2D eigenvalue weighted by molar-refractivity contribution is 7.98. The van der Waals surface area contributed by atoms with Crippen molar-refractivity contribution in [2.75, 3.05) is 13.7 Å². The van der Waals surface area contributed by atoms with Crippen molar-refractivity contribution in [3.05, 3.63) is 50.8 Å². The molecule has 0 amide bonds. The molecule has 25 heavy (non-hydrogen) atoms. The van der Waals surface area contributed by atoms with Crippen LogP contribution in [-0.4, -0.2) is 33.5 Å². The quantitative estimate of drug-likeness (QED) is 0.464. The Morgan fingerprint density at radius 3 is 3.04 bits per heavy atom. The van der Waals surface area contributed by atoms with Gasteiger partial charge in [-0.15, -0.1) is 16.4 Å². The molecule has 2 aromatic heterocycles. The number of hydrogen-bond donors (Lipinski definition) is 1. The lowest BCUT2D eigenvalue weighted by molar-refractivity contribution is 0.189. The summed E-state index contributed by atoms with van der Waals surface area (Å²) in [6.45, 7) is 1.18. The number of thioether (sulfide) groups is 1. The van der Waals surface area contributed by atoms with Crippen LogP contribution in [-0.2, 0) is 17.0 Å². The molecule has 3 rings (SSSR count). The van der Waals surface area contributed by atoms with E-state index in [1.54, 1.807) is 23.0 Å². The van der Waals surface area contributed by atoms with Gasteiger partial charge >= 0.3 is 5.69 Å². The van der Waals surface area contributed by atoms with Gasteiger partial charge < -0.3 is 4.74 Å². The van der Waals surface area contributed by atoms with Crippen LogP contribution in [0, 0.1) is 0 Å². The van der Waals surface area contributed by atoms with E-state index < -0.39 is 0 Å². The van der Waals surface area contributed by atoms with Crippen LogP contribution in [0.2, 0.25) is 5.02 Å². The number of aromatic amines is 1. The van der Waals surface area contributed by atoms with Gasteiger partial charge in [0.2, 0.25) is 0 Å². The lowest BCUT2D eigenvalue weighted by Gasteiger charge is -2.04. The van der Waals surface area contributed by atoms with Gasteiger partial charge in [-0.3, -0.25) is 4.57 Å². The van der Waals surface area contributed by atoms with Crippen LogP contribution in [0.4, 0.5) is 0 Å². The second kappa shape index (κ2) is 8.66. The summed E-state index contributed by atoms with van der Waals surface area (Å²) >= 11 is 9.26. The van der Waals surface area contributed by atoms with E-state index in [9.17, 15) is 4.79 Å². The largest absolute Gasteiger partial charge is 0.385 e. The molecule has 0 aliphatic heterocycles. The average Bonchev–Trinajstić information content (AvgIpc) is 3.21. The molecule has 0 bridgehead atoms. The lowest BCUT2D eigenvalue weighted by atomic mass is 10.2. The van der Waals surface area contributed by atoms with Gasteiger partial charge in [-0.2, -0.15) is 0 Å². The molecule has 1 aromatic carbocycles. The Bertz CT molecular complexity index is 890. The van der Waals surface area contributed by atoms with Gasteiger partial charge in [0.1, 0.15) is 5.01 Å². The number of aromatic nitrogens is 4. The molecule has 0 saturated carbocycles. The van der Waals surface area contributed by atoms with Gasteiger partial charge in [-0.25, -0.2) is 14.9 Å². The van der Waals surface area contributed by atoms with Crippen LogP contribution in [0.25, 0.3) is 10.6 Å². The maximum absolute atomic E-state index is 11.8. The highest BCUT2D eigenvalue weighted by atomic mass is 35.5. The number of H-pyrrole nitrogens is 1. The number of nitrogens with zero attached hydrogens (tertiary/aromatic N) is 3. The zero-order chi connectivity index (χ0) is 17.6.